The molecule has 0 saturated heterocycles. The summed E-state index contributed by atoms with van der Waals surface area (Å²) in [5, 5.41) is 6.98. The largest absolute Gasteiger partial charge is 0.464 e. The molecule has 0 unspecified atom stereocenters. The van der Waals surface area contributed by atoms with Gasteiger partial charge in [0.1, 0.15) is 4.91 Å². The summed E-state index contributed by atoms with van der Waals surface area (Å²) in [6, 6.07) is 16.8. The minimum atomic E-state index is -1.04. The highest BCUT2D eigenvalue weighted by Gasteiger charge is 2.58. The summed E-state index contributed by atoms with van der Waals surface area (Å²) < 4.78 is 9.23. The lowest BCUT2D eigenvalue weighted by Crippen LogP contribution is -2.49. The molecule has 0 aromatic heterocycles. The zero-order valence-electron chi connectivity index (χ0n) is 17.6. The Labute approximate surface area is 199 Å². The zero-order valence-corrected chi connectivity index (χ0v) is 20.0. The fourth-order valence-corrected chi connectivity index (χ4v) is 6.59. The van der Waals surface area contributed by atoms with E-state index in [2.05, 4.69) is 5.10 Å². The van der Waals surface area contributed by atoms with Crippen molar-refractivity contribution in [2.45, 2.75) is 18.2 Å². The minimum absolute atomic E-state index is 0.166. The van der Waals surface area contributed by atoms with Crippen molar-refractivity contribution < 1.29 is 19.1 Å². The smallest absolute Gasteiger partial charge is 0.365 e. The number of allylic oxidation sites excluding steroid dienone is 1. The number of benzene rings is 2. The Kier molecular flexibility index (Phi) is 6.41. The van der Waals surface area contributed by atoms with Crippen molar-refractivity contribution in [1.82, 2.24) is 0 Å². The maximum Gasteiger partial charge on any atom is 0.365 e. The average Bonchev–Trinajstić information content (AvgIpc) is 3.31. The topological polar surface area (TPSA) is 71.4 Å². The molecule has 0 saturated carbocycles. The van der Waals surface area contributed by atoms with Crippen LogP contribution in [-0.2, 0) is 19.1 Å². The highest BCUT2D eigenvalue weighted by atomic mass is 35.5. The van der Waals surface area contributed by atoms with Gasteiger partial charge in [0.15, 0.2) is 0 Å². The number of carbonyl (C=O) groups excluding carboxylic acids is 2. The molecular formula is C22H20ClN3O4S2. The molecule has 0 aliphatic carbocycles. The number of hydrogen-bond donors (Lipinski definition) is 0. The van der Waals surface area contributed by atoms with Crippen LogP contribution in [0, 0.1) is 0 Å². The van der Waals surface area contributed by atoms with Gasteiger partial charge in [-0.25, -0.2) is 14.6 Å². The summed E-state index contributed by atoms with van der Waals surface area (Å²) in [5.74, 6) is -0.985. The van der Waals surface area contributed by atoms with Gasteiger partial charge in [-0.3, -0.25) is 0 Å². The van der Waals surface area contributed by atoms with Crippen molar-refractivity contribution in [3.63, 3.8) is 0 Å². The summed E-state index contributed by atoms with van der Waals surface area (Å²) in [6.07, 6.45) is 0. The average molecular weight is 490 g/mol. The van der Waals surface area contributed by atoms with E-state index < -0.39 is 16.3 Å². The lowest BCUT2D eigenvalue weighted by molar-refractivity contribution is -0.137. The molecule has 2 aromatic rings. The Morgan fingerprint density at radius 2 is 1.78 bits per heavy atom. The van der Waals surface area contributed by atoms with E-state index in [4.69, 9.17) is 21.1 Å². The number of hydrazone groups is 1. The van der Waals surface area contributed by atoms with Gasteiger partial charge in [-0.1, -0.05) is 47.6 Å². The number of ether oxygens (including phenoxy) is 2. The van der Waals surface area contributed by atoms with Gasteiger partial charge in [-0.2, -0.15) is 5.10 Å². The van der Waals surface area contributed by atoms with Crippen molar-refractivity contribution in [2.24, 2.45) is 5.10 Å². The molecule has 2 aliphatic rings. The number of para-hydroxylation sites is 1. The first kappa shape index (κ1) is 22.6. The van der Waals surface area contributed by atoms with E-state index in [0.29, 0.717) is 21.3 Å². The third kappa shape index (κ3) is 3.85. The molecule has 0 amide bonds. The molecule has 2 heterocycles. The number of esters is 2. The lowest BCUT2D eigenvalue weighted by Gasteiger charge is -2.41. The van der Waals surface area contributed by atoms with Crippen molar-refractivity contribution in [3.05, 3.63) is 70.2 Å². The summed E-state index contributed by atoms with van der Waals surface area (Å²) >= 11 is 8.75. The monoisotopic (exact) mass is 489 g/mol. The standard InChI is InChI=1S/C22H20ClN3O4S2/c1-4-30-20(27)18-14(2)25(16-10-6-5-7-11-16)22(31-18)26(17-12-8-9-15(23)13-17)24-19(32-22)21(28)29-3/h5-13H,4H2,1-3H3/t22-/m0/s1. The Balaban J connectivity index is 1.90. The van der Waals surface area contributed by atoms with Crippen LogP contribution in [0.4, 0.5) is 11.4 Å². The highest BCUT2D eigenvalue weighted by molar-refractivity contribution is 8.29. The maximum absolute atomic E-state index is 12.8. The van der Waals surface area contributed by atoms with Gasteiger partial charge in [0.05, 0.1) is 19.4 Å². The minimum Gasteiger partial charge on any atom is -0.464 e. The Hall–Kier alpha value is -2.62. The van der Waals surface area contributed by atoms with Crippen LogP contribution >= 0.6 is 35.1 Å². The second-order valence-electron chi connectivity index (χ2n) is 6.75. The van der Waals surface area contributed by atoms with Crippen molar-refractivity contribution >= 4 is 63.5 Å². The fourth-order valence-electron chi connectivity index (χ4n) is 3.43. The van der Waals surface area contributed by atoms with E-state index in [1.165, 1.54) is 30.6 Å². The van der Waals surface area contributed by atoms with Gasteiger partial charge in [0.25, 0.3) is 0 Å². The number of nitrogens with zero attached hydrogens (tertiary/aromatic N) is 3. The molecule has 0 bridgehead atoms. The lowest BCUT2D eigenvalue weighted by atomic mass is 10.2. The molecule has 10 heteroatoms. The van der Waals surface area contributed by atoms with E-state index in [1.54, 1.807) is 30.1 Å². The summed E-state index contributed by atoms with van der Waals surface area (Å²) in [7, 11) is 1.31. The maximum atomic E-state index is 12.8. The first-order valence-corrected chi connectivity index (χ1v) is 11.8. The van der Waals surface area contributed by atoms with Gasteiger partial charge in [-0.05, 0) is 55.9 Å². The van der Waals surface area contributed by atoms with Gasteiger partial charge in [-0.15, -0.1) is 0 Å². The van der Waals surface area contributed by atoms with Gasteiger partial charge >= 0.3 is 11.9 Å². The van der Waals surface area contributed by atoms with E-state index in [0.717, 1.165) is 5.69 Å². The summed E-state index contributed by atoms with van der Waals surface area (Å²) in [4.78, 5) is 27.7. The van der Waals surface area contributed by atoms with E-state index in [9.17, 15) is 9.59 Å². The highest BCUT2D eigenvalue weighted by Crippen LogP contribution is 2.60. The Bertz CT molecular complexity index is 1130. The number of halogens is 1. The third-order valence-corrected chi connectivity index (χ3v) is 7.84. The van der Waals surface area contributed by atoms with Gasteiger partial charge < -0.3 is 14.4 Å². The molecule has 0 fully saturated rings. The number of carbonyl (C=O) groups is 2. The van der Waals surface area contributed by atoms with Crippen LogP contribution in [0.5, 0.6) is 0 Å². The zero-order chi connectivity index (χ0) is 22.9. The fraction of sp³-hybridized carbons (Fsp3) is 0.227. The van der Waals surface area contributed by atoms with Gasteiger partial charge in [0, 0.05) is 16.4 Å². The van der Waals surface area contributed by atoms with Crippen LogP contribution < -0.4 is 9.91 Å². The van der Waals surface area contributed by atoms with Crippen molar-refractivity contribution in [2.75, 3.05) is 23.6 Å². The summed E-state index contributed by atoms with van der Waals surface area (Å²) in [6.45, 7) is 3.87. The molecule has 0 N–H and O–H groups in total. The molecular weight excluding hydrogens is 470 g/mol. The molecule has 7 nitrogen and oxygen atoms in total. The summed E-state index contributed by atoms with van der Waals surface area (Å²) in [5.41, 5.74) is 2.19. The van der Waals surface area contributed by atoms with E-state index in [-0.39, 0.29) is 11.7 Å². The van der Waals surface area contributed by atoms with Crippen molar-refractivity contribution in [1.29, 1.82) is 0 Å². The molecule has 1 spiro atoms. The normalized spacial score (nSPS) is 20.1. The molecule has 166 valence electrons. The number of hydrogen-bond acceptors (Lipinski definition) is 9. The Morgan fingerprint density at radius 1 is 1.06 bits per heavy atom. The van der Waals surface area contributed by atoms with Crippen LogP contribution in [0.2, 0.25) is 5.02 Å². The third-order valence-electron chi connectivity index (χ3n) is 4.76. The van der Waals surface area contributed by atoms with Crippen LogP contribution in [0.25, 0.3) is 0 Å². The number of rotatable bonds is 5. The predicted molar refractivity (Wildman–Crippen MR) is 130 cm³/mol. The van der Waals surface area contributed by atoms with E-state index in [1.807, 2.05) is 48.2 Å². The second-order valence-corrected chi connectivity index (χ2v) is 9.78. The van der Waals surface area contributed by atoms with Crippen LogP contribution in [0.1, 0.15) is 13.8 Å². The molecule has 1 atom stereocenters. The number of anilines is 2. The molecule has 2 aliphatic heterocycles. The molecule has 4 rings (SSSR count). The van der Waals surface area contributed by atoms with Crippen LogP contribution in [-0.4, -0.2) is 35.0 Å². The number of thioether (sulfide) groups is 2. The molecule has 2 aromatic carbocycles. The molecule has 32 heavy (non-hydrogen) atoms. The number of methoxy groups -OCH3 is 1. The quantitative estimate of drug-likeness (QED) is 0.541. The van der Waals surface area contributed by atoms with Crippen molar-refractivity contribution in [3.8, 4) is 0 Å². The van der Waals surface area contributed by atoms with E-state index >= 15 is 0 Å². The first-order chi connectivity index (χ1) is 15.4. The SMILES string of the molecule is CCOC(=O)C1=C(C)N(c2ccccc2)[C@@]2(SC(C(=O)OC)=NN2c2cccc(Cl)c2)S1. The van der Waals surface area contributed by atoms with Crippen LogP contribution in [0.15, 0.2) is 70.3 Å². The van der Waals surface area contributed by atoms with Crippen LogP contribution in [0.3, 0.4) is 0 Å². The predicted octanol–water partition coefficient (Wildman–Crippen LogP) is 5.04. The van der Waals surface area contributed by atoms with Gasteiger partial charge in [0.2, 0.25) is 9.37 Å². The second kappa shape index (κ2) is 9.09. The first-order valence-electron chi connectivity index (χ1n) is 9.75. The Morgan fingerprint density at radius 3 is 2.44 bits per heavy atom. The molecule has 0 radical (unpaired) electrons.